The number of hydrogen-bond donors (Lipinski definition) is 1. The molecule has 0 bridgehead atoms. The topological polar surface area (TPSA) is 112 Å². The first-order valence-electron chi connectivity index (χ1n) is 3.76. The number of nitrogens with zero attached hydrogens (tertiary/aromatic N) is 1. The van der Waals surface area contributed by atoms with E-state index in [1.54, 1.807) is 6.07 Å². The maximum Gasteiger partial charge on any atom is 0.481 e. The fourth-order valence-electron chi connectivity index (χ4n) is 0.927. The minimum absolute atomic E-state index is 0.236. The number of rotatable bonds is 1. The minimum Gasteiger partial charge on any atom is -0.538 e. The highest BCUT2D eigenvalue weighted by Gasteiger charge is 2.33. The first-order valence-corrected chi connectivity index (χ1v) is 5.24. The van der Waals surface area contributed by atoms with E-state index < -0.39 is 20.9 Å². The Bertz CT molecular complexity index is 529. The lowest BCUT2D eigenvalue weighted by Crippen LogP contribution is -2.37. The molecule has 0 saturated heterocycles. The van der Waals surface area contributed by atoms with Crippen molar-refractivity contribution in [2.24, 2.45) is 0 Å². The summed E-state index contributed by atoms with van der Waals surface area (Å²) >= 11 is 0. The summed E-state index contributed by atoms with van der Waals surface area (Å²) in [5, 5.41) is 9.11. The van der Waals surface area contributed by atoms with Gasteiger partial charge >= 0.3 is 5.04 Å². The second-order valence-corrected chi connectivity index (χ2v) is 4.39. The van der Waals surface area contributed by atoms with Gasteiger partial charge in [-0.1, -0.05) is 18.2 Å². The molecule has 15 heavy (non-hydrogen) atoms. The normalized spacial score (nSPS) is 10.4. The third-order valence-corrected chi connectivity index (χ3v) is 3.24. The summed E-state index contributed by atoms with van der Waals surface area (Å²) < 4.78 is 23.1. The van der Waals surface area contributed by atoms with E-state index >= 15 is 0 Å². The van der Waals surface area contributed by atoms with Crippen LogP contribution in [0.25, 0.3) is 0 Å². The quantitative estimate of drug-likeness (QED) is 0.282. The van der Waals surface area contributed by atoms with Crippen molar-refractivity contribution < 1.29 is 23.1 Å². The highest BCUT2D eigenvalue weighted by atomic mass is 32.2. The van der Waals surface area contributed by atoms with Gasteiger partial charge in [0, 0.05) is 0 Å². The molecule has 1 aromatic rings. The Morgan fingerprint density at radius 1 is 1.27 bits per heavy atom. The summed E-state index contributed by atoms with van der Waals surface area (Å²) in [5.41, 5.74) is 6.48. The lowest BCUT2D eigenvalue weighted by Gasteiger charge is -1.97. The molecule has 0 aliphatic rings. The standard InChI is InChI=1S/C8H6N2O4S/c9-10-7(8(11)12)15(13,14)6-4-2-1-3-5-6/h1-5,9H. The Morgan fingerprint density at radius 2 is 1.80 bits per heavy atom. The monoisotopic (exact) mass is 226 g/mol. The molecule has 0 aromatic heterocycles. The zero-order valence-electron chi connectivity index (χ0n) is 7.38. The average molecular weight is 226 g/mol. The average Bonchev–Trinajstić information content (AvgIpc) is 2.19. The molecule has 0 aliphatic heterocycles. The SMILES string of the molecule is N=[N+]=C(C(=O)[O-])S(=O)(=O)c1ccccc1. The Hall–Kier alpha value is -1.98. The van der Waals surface area contributed by atoms with Crippen LogP contribution in [0.3, 0.4) is 0 Å². The van der Waals surface area contributed by atoms with Crippen LogP contribution in [0.4, 0.5) is 0 Å². The molecule has 0 fully saturated rings. The zero-order chi connectivity index (χ0) is 11.5. The molecule has 7 heteroatoms. The van der Waals surface area contributed by atoms with Crippen molar-refractivity contribution in [3.63, 3.8) is 0 Å². The second-order valence-electron chi connectivity index (χ2n) is 2.52. The van der Waals surface area contributed by atoms with Crippen molar-refractivity contribution in [1.82, 2.24) is 0 Å². The number of benzene rings is 1. The maximum absolute atomic E-state index is 11.5. The molecule has 0 spiro atoms. The number of carbonyl (C=O) groups is 1. The van der Waals surface area contributed by atoms with E-state index in [0.717, 1.165) is 0 Å². The van der Waals surface area contributed by atoms with Crippen molar-refractivity contribution >= 4 is 20.9 Å². The summed E-state index contributed by atoms with van der Waals surface area (Å²) in [7, 11) is -4.25. The van der Waals surface area contributed by atoms with E-state index in [1.807, 2.05) is 0 Å². The van der Waals surface area contributed by atoms with E-state index in [2.05, 4.69) is 4.79 Å². The van der Waals surface area contributed by atoms with Gasteiger partial charge in [-0.15, -0.1) is 0 Å². The van der Waals surface area contributed by atoms with Crippen LogP contribution in [0.2, 0.25) is 0 Å². The van der Waals surface area contributed by atoms with Crippen LogP contribution in [0, 0.1) is 5.53 Å². The molecule has 6 nitrogen and oxygen atoms in total. The maximum atomic E-state index is 11.5. The van der Waals surface area contributed by atoms with Gasteiger partial charge in [-0.2, -0.15) is 0 Å². The highest BCUT2D eigenvalue weighted by molar-refractivity contribution is 8.08. The summed E-state index contributed by atoms with van der Waals surface area (Å²) in [6, 6.07) is 6.87. The van der Waals surface area contributed by atoms with Gasteiger partial charge < -0.3 is 9.90 Å². The fourth-order valence-corrected chi connectivity index (χ4v) is 2.01. The lowest BCUT2D eigenvalue weighted by molar-refractivity contribution is -0.298. The molecule has 78 valence electrons. The van der Waals surface area contributed by atoms with Gasteiger partial charge in [0.1, 0.15) is 0 Å². The molecule has 0 saturated carbocycles. The van der Waals surface area contributed by atoms with Gasteiger partial charge in [-0.3, -0.25) is 0 Å². The van der Waals surface area contributed by atoms with E-state index in [1.165, 1.54) is 24.3 Å². The third-order valence-electron chi connectivity index (χ3n) is 1.58. The first-order chi connectivity index (χ1) is 7.00. The molecular formula is C8H6N2O4S. The Labute approximate surface area is 85.3 Å². The number of carboxylic acids is 1. The molecule has 0 radical (unpaired) electrons. The van der Waals surface area contributed by atoms with Gasteiger partial charge in [0.15, 0.2) is 5.97 Å². The van der Waals surface area contributed by atoms with E-state index in [9.17, 15) is 18.3 Å². The van der Waals surface area contributed by atoms with Crippen LogP contribution in [0.15, 0.2) is 35.2 Å². The van der Waals surface area contributed by atoms with Gasteiger partial charge in [0.05, 0.1) is 15.2 Å². The Balaban J connectivity index is 3.39. The van der Waals surface area contributed by atoms with Crippen molar-refractivity contribution in [3.8, 4) is 0 Å². The van der Waals surface area contributed by atoms with Crippen LogP contribution in [-0.2, 0) is 14.6 Å². The zero-order valence-corrected chi connectivity index (χ0v) is 8.19. The molecule has 1 rings (SSSR count). The molecular weight excluding hydrogens is 220 g/mol. The third kappa shape index (κ3) is 2.09. The molecule has 0 unspecified atom stereocenters. The molecule has 0 amide bonds. The van der Waals surface area contributed by atoms with Crippen molar-refractivity contribution in [2.75, 3.05) is 0 Å². The summed E-state index contributed by atoms with van der Waals surface area (Å²) in [5.74, 6) is -1.99. The van der Waals surface area contributed by atoms with Gasteiger partial charge in [-0.25, -0.2) is 8.42 Å². The van der Waals surface area contributed by atoms with Crippen molar-refractivity contribution in [2.45, 2.75) is 4.90 Å². The number of carbonyl (C=O) groups excluding carboxylic acids is 1. The van der Waals surface area contributed by atoms with Crippen molar-refractivity contribution in [1.29, 1.82) is 5.53 Å². The Morgan fingerprint density at radius 3 is 2.20 bits per heavy atom. The molecule has 1 aromatic carbocycles. The summed E-state index contributed by atoms with van der Waals surface area (Å²) in [6.07, 6.45) is 0. The molecule has 0 atom stereocenters. The largest absolute Gasteiger partial charge is 0.538 e. The predicted octanol–water partition coefficient (Wildman–Crippen LogP) is -1.15. The van der Waals surface area contributed by atoms with E-state index in [-0.39, 0.29) is 4.90 Å². The molecule has 0 heterocycles. The van der Waals surface area contributed by atoms with Crippen LogP contribution in [-0.4, -0.2) is 24.2 Å². The van der Waals surface area contributed by atoms with E-state index in [0.29, 0.717) is 0 Å². The van der Waals surface area contributed by atoms with Gasteiger partial charge in [0.25, 0.3) is 9.84 Å². The van der Waals surface area contributed by atoms with Crippen LogP contribution in [0.1, 0.15) is 0 Å². The number of aliphatic carboxylic acids is 1. The summed E-state index contributed by atoms with van der Waals surface area (Å²) in [4.78, 5) is 12.6. The van der Waals surface area contributed by atoms with Gasteiger partial charge in [0.2, 0.25) is 0 Å². The Kier molecular flexibility index (Phi) is 2.99. The number of nitrogens with one attached hydrogen (secondary N) is 1. The minimum atomic E-state index is -4.25. The molecule has 1 N–H and O–H groups in total. The fraction of sp³-hybridized carbons (Fsp3) is 0. The predicted molar refractivity (Wildman–Crippen MR) is 46.6 cm³/mol. The van der Waals surface area contributed by atoms with Crippen LogP contribution < -0.4 is 5.11 Å². The van der Waals surface area contributed by atoms with E-state index in [4.69, 9.17) is 5.53 Å². The number of carboxylic acid groups (broad SMARTS) is 1. The highest BCUT2D eigenvalue weighted by Crippen LogP contribution is 2.10. The van der Waals surface area contributed by atoms with Crippen molar-refractivity contribution in [3.05, 3.63) is 30.3 Å². The second kappa shape index (κ2) is 4.04. The summed E-state index contributed by atoms with van der Waals surface area (Å²) in [6.45, 7) is 0. The van der Waals surface area contributed by atoms with Crippen LogP contribution >= 0.6 is 0 Å². The molecule has 0 aliphatic carbocycles. The lowest BCUT2D eigenvalue weighted by atomic mass is 10.4. The number of sulfone groups is 1. The smallest absolute Gasteiger partial charge is 0.481 e. The number of hydrogen-bond acceptors (Lipinski definition) is 5. The van der Waals surface area contributed by atoms with Crippen LogP contribution in [0.5, 0.6) is 0 Å². The van der Waals surface area contributed by atoms with Gasteiger partial charge in [-0.05, 0) is 12.1 Å². The first kappa shape index (κ1) is 11.1.